The quantitative estimate of drug-likeness (QED) is 0.692. The second kappa shape index (κ2) is 6.45. The highest BCUT2D eigenvalue weighted by Crippen LogP contribution is 2.29. The summed E-state index contributed by atoms with van der Waals surface area (Å²) >= 11 is 1.60. The van der Waals surface area contributed by atoms with Gasteiger partial charge in [0.1, 0.15) is 5.01 Å². The van der Waals surface area contributed by atoms with Crippen molar-refractivity contribution in [3.8, 4) is 0 Å². The molecular formula is C18H20N4OS. The van der Waals surface area contributed by atoms with Crippen LogP contribution in [0, 0.1) is 5.92 Å². The van der Waals surface area contributed by atoms with E-state index in [1.807, 2.05) is 24.3 Å². The molecule has 0 amide bonds. The van der Waals surface area contributed by atoms with Crippen LogP contribution in [0.5, 0.6) is 0 Å². The monoisotopic (exact) mass is 340 g/mol. The first-order valence-electron chi connectivity index (χ1n) is 8.26. The Hall–Kier alpha value is -2.05. The third-order valence-corrected chi connectivity index (χ3v) is 5.23. The SMILES string of the molecule is CN(Cc1csc(Cn2ncc3ccccc3c2=O)n1)CC1CC1. The lowest BCUT2D eigenvalue weighted by molar-refractivity contribution is 0.310. The molecule has 0 spiro atoms. The summed E-state index contributed by atoms with van der Waals surface area (Å²) < 4.78 is 1.50. The fraction of sp³-hybridized carbons (Fsp3) is 0.389. The standard InChI is InChI=1S/C18H20N4OS/c1-21(9-13-6-7-13)10-15-12-24-17(20-15)11-22-18(23)16-5-3-2-4-14(16)8-19-22/h2-5,8,12-13H,6-7,9-11H2,1H3. The predicted molar refractivity (Wildman–Crippen MR) is 96.3 cm³/mol. The summed E-state index contributed by atoms with van der Waals surface area (Å²) in [4.78, 5) is 19.5. The minimum atomic E-state index is -0.0595. The topological polar surface area (TPSA) is 51.0 Å². The molecule has 124 valence electrons. The van der Waals surface area contributed by atoms with Crippen LogP contribution in [-0.4, -0.2) is 33.3 Å². The molecule has 1 aromatic carbocycles. The molecular weight excluding hydrogens is 320 g/mol. The first-order valence-corrected chi connectivity index (χ1v) is 9.14. The van der Waals surface area contributed by atoms with Gasteiger partial charge in [0, 0.05) is 23.9 Å². The van der Waals surface area contributed by atoms with E-state index in [1.165, 1.54) is 17.5 Å². The molecule has 0 atom stereocenters. The number of fused-ring (bicyclic) bond motifs is 1. The van der Waals surface area contributed by atoms with Crippen molar-refractivity contribution in [3.05, 3.63) is 56.9 Å². The number of thiazole rings is 1. The van der Waals surface area contributed by atoms with Crippen molar-refractivity contribution in [1.82, 2.24) is 19.7 Å². The zero-order valence-electron chi connectivity index (χ0n) is 13.7. The van der Waals surface area contributed by atoms with Gasteiger partial charge in [0.25, 0.3) is 5.56 Å². The van der Waals surface area contributed by atoms with Crippen LogP contribution in [0.3, 0.4) is 0 Å². The molecule has 1 saturated carbocycles. The Bertz CT molecular complexity index is 913. The van der Waals surface area contributed by atoms with Crippen molar-refractivity contribution < 1.29 is 0 Å². The van der Waals surface area contributed by atoms with Crippen LogP contribution in [-0.2, 0) is 13.1 Å². The van der Waals surface area contributed by atoms with E-state index < -0.39 is 0 Å². The Morgan fingerprint density at radius 3 is 3.00 bits per heavy atom. The maximum absolute atomic E-state index is 12.5. The number of hydrogen-bond donors (Lipinski definition) is 0. The lowest BCUT2D eigenvalue weighted by atomic mass is 10.2. The van der Waals surface area contributed by atoms with Gasteiger partial charge in [0.15, 0.2) is 0 Å². The lowest BCUT2D eigenvalue weighted by Crippen LogP contribution is -2.23. The Balaban J connectivity index is 1.49. The van der Waals surface area contributed by atoms with E-state index in [0.717, 1.165) is 35.1 Å². The molecule has 1 aliphatic rings. The number of aromatic nitrogens is 3. The normalized spacial score (nSPS) is 14.6. The van der Waals surface area contributed by atoms with Crippen molar-refractivity contribution in [3.63, 3.8) is 0 Å². The van der Waals surface area contributed by atoms with E-state index in [0.29, 0.717) is 11.9 Å². The highest BCUT2D eigenvalue weighted by Gasteiger charge is 2.23. The second-order valence-electron chi connectivity index (χ2n) is 6.57. The van der Waals surface area contributed by atoms with E-state index >= 15 is 0 Å². The van der Waals surface area contributed by atoms with Crippen molar-refractivity contribution >= 4 is 22.1 Å². The number of hydrogen-bond acceptors (Lipinski definition) is 5. The zero-order chi connectivity index (χ0) is 16.5. The van der Waals surface area contributed by atoms with Gasteiger partial charge in [-0.1, -0.05) is 18.2 Å². The molecule has 4 rings (SSSR count). The Labute approximate surface area is 144 Å². The van der Waals surface area contributed by atoms with Gasteiger partial charge in [-0.2, -0.15) is 5.10 Å². The first kappa shape index (κ1) is 15.5. The number of nitrogens with zero attached hydrogens (tertiary/aromatic N) is 4. The van der Waals surface area contributed by atoms with Gasteiger partial charge >= 0.3 is 0 Å². The van der Waals surface area contributed by atoms with Crippen molar-refractivity contribution in [2.45, 2.75) is 25.9 Å². The van der Waals surface area contributed by atoms with Crippen LogP contribution < -0.4 is 5.56 Å². The minimum absolute atomic E-state index is 0.0595. The number of rotatable bonds is 6. The molecule has 0 aliphatic heterocycles. The van der Waals surface area contributed by atoms with Gasteiger partial charge in [-0.15, -0.1) is 11.3 Å². The average molecular weight is 340 g/mol. The summed E-state index contributed by atoms with van der Waals surface area (Å²) in [6.45, 7) is 2.45. The fourth-order valence-electron chi connectivity index (χ4n) is 2.94. The summed E-state index contributed by atoms with van der Waals surface area (Å²) in [6.07, 6.45) is 4.47. The summed E-state index contributed by atoms with van der Waals surface area (Å²) in [5, 5.41) is 8.87. The van der Waals surface area contributed by atoms with Gasteiger partial charge < -0.3 is 4.90 Å². The molecule has 0 N–H and O–H groups in total. The van der Waals surface area contributed by atoms with Crippen molar-refractivity contribution in [2.24, 2.45) is 5.92 Å². The summed E-state index contributed by atoms with van der Waals surface area (Å²) in [6, 6.07) is 7.55. The third-order valence-electron chi connectivity index (χ3n) is 4.34. The van der Waals surface area contributed by atoms with E-state index in [2.05, 4.69) is 27.4 Å². The van der Waals surface area contributed by atoms with Crippen LogP contribution in [0.15, 0.2) is 40.6 Å². The first-order chi connectivity index (χ1) is 11.7. The van der Waals surface area contributed by atoms with E-state index in [1.54, 1.807) is 17.5 Å². The Kier molecular flexibility index (Phi) is 4.16. The molecule has 0 unspecified atom stereocenters. The molecule has 0 saturated heterocycles. The molecule has 1 fully saturated rings. The number of benzene rings is 1. The van der Waals surface area contributed by atoms with Gasteiger partial charge in [0.05, 0.1) is 23.8 Å². The summed E-state index contributed by atoms with van der Waals surface area (Å²) in [5.41, 5.74) is 1.02. The van der Waals surface area contributed by atoms with E-state index in [9.17, 15) is 4.79 Å². The fourth-order valence-corrected chi connectivity index (χ4v) is 3.71. The van der Waals surface area contributed by atoms with Gasteiger partial charge in [-0.25, -0.2) is 9.67 Å². The molecule has 5 nitrogen and oxygen atoms in total. The van der Waals surface area contributed by atoms with Crippen LogP contribution in [0.1, 0.15) is 23.5 Å². The minimum Gasteiger partial charge on any atom is -0.300 e. The maximum Gasteiger partial charge on any atom is 0.275 e. The van der Waals surface area contributed by atoms with Crippen molar-refractivity contribution in [1.29, 1.82) is 0 Å². The highest BCUT2D eigenvalue weighted by atomic mass is 32.1. The molecule has 6 heteroatoms. The van der Waals surface area contributed by atoms with Crippen LogP contribution in [0.2, 0.25) is 0 Å². The van der Waals surface area contributed by atoms with Crippen LogP contribution in [0.25, 0.3) is 10.8 Å². The van der Waals surface area contributed by atoms with Crippen LogP contribution >= 0.6 is 11.3 Å². The highest BCUT2D eigenvalue weighted by molar-refractivity contribution is 7.09. The lowest BCUT2D eigenvalue weighted by Gasteiger charge is -2.14. The smallest absolute Gasteiger partial charge is 0.275 e. The largest absolute Gasteiger partial charge is 0.300 e. The second-order valence-corrected chi connectivity index (χ2v) is 7.51. The molecule has 2 aromatic heterocycles. The Morgan fingerprint density at radius 1 is 1.33 bits per heavy atom. The molecule has 3 aromatic rings. The Morgan fingerprint density at radius 2 is 2.17 bits per heavy atom. The van der Waals surface area contributed by atoms with Gasteiger partial charge in [-0.05, 0) is 31.9 Å². The summed E-state index contributed by atoms with van der Waals surface area (Å²) in [5.74, 6) is 0.883. The average Bonchev–Trinajstić information content (AvgIpc) is 3.28. The maximum atomic E-state index is 12.5. The van der Waals surface area contributed by atoms with E-state index in [4.69, 9.17) is 0 Å². The molecule has 0 bridgehead atoms. The van der Waals surface area contributed by atoms with Crippen molar-refractivity contribution in [2.75, 3.05) is 13.6 Å². The molecule has 2 heterocycles. The third kappa shape index (κ3) is 3.39. The van der Waals surface area contributed by atoms with Crippen LogP contribution in [0.4, 0.5) is 0 Å². The molecule has 0 radical (unpaired) electrons. The molecule has 24 heavy (non-hydrogen) atoms. The van der Waals surface area contributed by atoms with Gasteiger partial charge in [-0.3, -0.25) is 4.79 Å². The molecule has 1 aliphatic carbocycles. The zero-order valence-corrected chi connectivity index (χ0v) is 14.5. The van der Waals surface area contributed by atoms with E-state index in [-0.39, 0.29) is 5.56 Å². The predicted octanol–water partition coefficient (Wildman–Crippen LogP) is 2.74. The summed E-state index contributed by atoms with van der Waals surface area (Å²) in [7, 11) is 2.15. The van der Waals surface area contributed by atoms with Gasteiger partial charge in [0.2, 0.25) is 0 Å².